The lowest BCUT2D eigenvalue weighted by Gasteiger charge is -2.45. The molecule has 2 rings (SSSR count). The third-order valence-electron chi connectivity index (χ3n) is 3.42. The molecule has 1 fully saturated rings. The van der Waals surface area contributed by atoms with Crippen LogP contribution < -0.4 is 11.2 Å². The van der Waals surface area contributed by atoms with Gasteiger partial charge in [0.05, 0.1) is 12.8 Å². The number of aliphatic hydroxyl groups excluding tert-OH is 3. The summed E-state index contributed by atoms with van der Waals surface area (Å²) in [5, 5.41) is 39.8. The van der Waals surface area contributed by atoms with Crippen molar-refractivity contribution in [2.75, 3.05) is 6.61 Å². The lowest BCUT2D eigenvalue weighted by atomic mass is 9.96. The lowest BCUT2D eigenvalue weighted by Crippen LogP contribution is -2.67. The molecule has 1 aliphatic heterocycles. The van der Waals surface area contributed by atoms with Gasteiger partial charge in [0.1, 0.15) is 18.3 Å². The van der Waals surface area contributed by atoms with Crippen LogP contribution in [0.15, 0.2) is 15.8 Å². The summed E-state index contributed by atoms with van der Waals surface area (Å²) in [6.45, 7) is -1.07. The van der Waals surface area contributed by atoms with Crippen molar-refractivity contribution in [3.63, 3.8) is 0 Å². The van der Waals surface area contributed by atoms with Crippen molar-refractivity contribution >= 4 is 7.82 Å². The minimum absolute atomic E-state index is 0.00597. The van der Waals surface area contributed by atoms with Crippen molar-refractivity contribution in [1.29, 1.82) is 0 Å². The second-order valence-electron chi connectivity index (χ2n) is 5.13. The van der Waals surface area contributed by atoms with Crippen LogP contribution in [-0.4, -0.2) is 70.8 Å². The molecule has 25 heavy (non-hydrogen) atoms. The van der Waals surface area contributed by atoms with E-state index in [1.165, 1.54) is 4.98 Å². The molecule has 2 heterocycles. The molecule has 142 valence electrons. The summed E-state index contributed by atoms with van der Waals surface area (Å²) in [4.78, 5) is 41.5. The Morgan fingerprint density at radius 3 is 2.48 bits per heavy atom. The fourth-order valence-electron chi connectivity index (χ4n) is 2.18. The third-order valence-corrected chi connectivity index (χ3v) is 3.90. The van der Waals surface area contributed by atoms with Crippen LogP contribution in [0.25, 0.3) is 0 Å². The van der Waals surface area contributed by atoms with Crippen molar-refractivity contribution in [3.05, 3.63) is 32.9 Å². The number of aromatic nitrogens is 2. The highest BCUT2D eigenvalue weighted by Gasteiger charge is 2.55. The van der Waals surface area contributed by atoms with Crippen molar-refractivity contribution in [3.8, 4) is 0 Å². The number of hydrogen-bond donors (Lipinski definition) is 7. The molecule has 1 aromatic rings. The van der Waals surface area contributed by atoms with Crippen LogP contribution in [0.2, 0.25) is 0 Å². The minimum Gasteiger partial charge on any atom is -0.387 e. The minimum atomic E-state index is -5.02. The molecule has 0 spiro atoms. The molecule has 0 amide bonds. The Morgan fingerprint density at radius 1 is 1.32 bits per heavy atom. The Morgan fingerprint density at radius 2 is 1.92 bits per heavy atom. The largest absolute Gasteiger partial charge is 0.469 e. The number of H-pyrrole nitrogens is 1. The number of phosphoric ester groups is 1. The Bertz CT molecular complexity index is 805. The fourth-order valence-corrected chi connectivity index (χ4v) is 2.52. The van der Waals surface area contributed by atoms with E-state index < -0.39 is 61.8 Å². The van der Waals surface area contributed by atoms with E-state index in [1.54, 1.807) is 0 Å². The monoisotopic (exact) mass is 388 g/mol. The van der Waals surface area contributed by atoms with Gasteiger partial charge in [-0.3, -0.25) is 14.3 Å². The average Bonchev–Trinajstić information content (AvgIpc) is 2.50. The Kier molecular flexibility index (Phi) is 5.30. The molecule has 7 N–H and O–H groups in total. The number of nitrogens with zero attached hydrogens (tertiary/aromatic N) is 1. The molecule has 0 radical (unpaired) electrons. The van der Waals surface area contributed by atoms with Gasteiger partial charge in [0.25, 0.3) is 11.5 Å². The summed E-state index contributed by atoms with van der Waals surface area (Å²) in [7, 11) is -5.02. The van der Waals surface area contributed by atoms with E-state index >= 15 is 0 Å². The molecule has 1 aliphatic rings. The molecule has 0 aliphatic carbocycles. The van der Waals surface area contributed by atoms with Gasteiger partial charge in [-0.2, -0.15) is 4.39 Å². The van der Waals surface area contributed by atoms with Gasteiger partial charge in [-0.25, -0.2) is 13.9 Å². The van der Waals surface area contributed by atoms with E-state index in [2.05, 4.69) is 4.52 Å². The molecule has 1 aromatic heterocycles. The van der Waals surface area contributed by atoms with Gasteiger partial charge in [-0.05, 0) is 0 Å². The number of hydrogen-bond acceptors (Lipinski definition) is 9. The molecule has 5 atom stereocenters. The maximum Gasteiger partial charge on any atom is 0.469 e. The van der Waals surface area contributed by atoms with Gasteiger partial charge in [0.2, 0.25) is 5.82 Å². The Labute approximate surface area is 136 Å². The highest BCUT2D eigenvalue weighted by atomic mass is 31.2. The summed E-state index contributed by atoms with van der Waals surface area (Å²) in [5.74, 6) is -4.74. The second-order valence-corrected chi connectivity index (χ2v) is 6.37. The molecule has 15 heteroatoms. The van der Waals surface area contributed by atoms with Crippen LogP contribution in [0.1, 0.15) is 0 Å². The fraction of sp³-hybridized carbons (Fsp3) is 0.600. The van der Waals surface area contributed by atoms with E-state index in [9.17, 15) is 39.0 Å². The molecule has 13 nitrogen and oxygen atoms in total. The number of rotatable bonds is 4. The van der Waals surface area contributed by atoms with Crippen LogP contribution in [0, 0.1) is 5.82 Å². The number of nitrogens with one attached hydrogen (secondary N) is 1. The summed E-state index contributed by atoms with van der Waals surface area (Å²) in [5.41, 5.74) is -2.87. The molecule has 1 saturated heterocycles. The predicted molar refractivity (Wildman–Crippen MR) is 72.4 cm³/mol. The third kappa shape index (κ3) is 3.87. The first-order chi connectivity index (χ1) is 11.4. The first-order valence-corrected chi connectivity index (χ1v) is 8.06. The quantitative estimate of drug-likeness (QED) is 0.246. The van der Waals surface area contributed by atoms with Crippen molar-refractivity contribution in [2.24, 2.45) is 0 Å². The van der Waals surface area contributed by atoms with E-state index in [4.69, 9.17) is 14.5 Å². The van der Waals surface area contributed by atoms with Gasteiger partial charge in [0, 0.05) is 0 Å². The molecular formula is C10H14FN2O11P. The molecular weight excluding hydrogens is 374 g/mol. The zero-order valence-electron chi connectivity index (χ0n) is 12.1. The van der Waals surface area contributed by atoms with Crippen molar-refractivity contribution in [2.45, 2.75) is 30.3 Å². The van der Waals surface area contributed by atoms with Crippen LogP contribution in [0.3, 0.4) is 0 Å². The van der Waals surface area contributed by atoms with Gasteiger partial charge in [-0.15, -0.1) is 0 Å². The average molecular weight is 388 g/mol. The molecule has 0 bridgehead atoms. The normalized spacial score (nSPS) is 33.4. The first kappa shape index (κ1) is 19.8. The maximum atomic E-state index is 13.4. The van der Waals surface area contributed by atoms with E-state index in [-0.39, 0.29) is 10.8 Å². The van der Waals surface area contributed by atoms with Crippen LogP contribution in [0.5, 0.6) is 0 Å². The molecule has 0 saturated carbocycles. The SMILES string of the molecule is O=c1[nH]c(=O)n([C@]2(O)O[C@H](COP(=O)(O)O)[C@@H](O)[C@H](O)[C@@H]2O)cc1F. The van der Waals surface area contributed by atoms with Crippen molar-refractivity contribution < 1.29 is 48.4 Å². The summed E-state index contributed by atoms with van der Waals surface area (Å²) >= 11 is 0. The Balaban J connectivity index is 2.44. The summed E-state index contributed by atoms with van der Waals surface area (Å²) in [6.07, 6.45) is -8.26. The topological polar surface area (TPSA) is 212 Å². The van der Waals surface area contributed by atoms with E-state index in [0.717, 1.165) is 0 Å². The summed E-state index contributed by atoms with van der Waals surface area (Å²) in [6, 6.07) is 0. The van der Waals surface area contributed by atoms with Gasteiger partial charge >= 0.3 is 13.5 Å². The highest BCUT2D eigenvalue weighted by Crippen LogP contribution is 2.38. The Hall–Kier alpha value is -1.48. The number of aliphatic hydroxyl groups is 4. The standard InChI is InChI=1S/C10H14FN2O11P/c11-3-1-13(9(18)12-8(3)17)10(19)7(16)6(15)5(14)4(24-10)2-23-25(20,21)22/h1,4-7,14-16,19H,2H2,(H,12,17,18)(H2,20,21,22)/t4-,5-,6+,7+,10-/m1/s1. The predicted octanol–water partition coefficient (Wildman–Crippen LogP) is -4.13. The van der Waals surface area contributed by atoms with Crippen molar-refractivity contribution in [1.82, 2.24) is 9.55 Å². The number of aromatic amines is 1. The zero-order valence-corrected chi connectivity index (χ0v) is 13.0. The number of halogens is 1. The highest BCUT2D eigenvalue weighted by molar-refractivity contribution is 7.46. The molecule has 0 aromatic carbocycles. The summed E-state index contributed by atoms with van der Waals surface area (Å²) < 4.78 is 33.0. The van der Waals surface area contributed by atoms with Gasteiger partial charge in [-0.1, -0.05) is 0 Å². The van der Waals surface area contributed by atoms with E-state index in [1.807, 2.05) is 0 Å². The maximum absolute atomic E-state index is 13.4. The lowest BCUT2D eigenvalue weighted by molar-refractivity contribution is -0.392. The van der Waals surface area contributed by atoms with Crippen LogP contribution in [0.4, 0.5) is 4.39 Å². The van der Waals surface area contributed by atoms with Crippen LogP contribution >= 0.6 is 7.82 Å². The number of ether oxygens (including phenoxy) is 1. The molecule has 0 unspecified atom stereocenters. The number of phosphoric acid groups is 1. The second kappa shape index (κ2) is 6.68. The smallest absolute Gasteiger partial charge is 0.387 e. The first-order valence-electron chi connectivity index (χ1n) is 6.53. The van der Waals surface area contributed by atoms with Crippen LogP contribution in [-0.2, 0) is 19.7 Å². The van der Waals surface area contributed by atoms with Gasteiger partial charge < -0.3 is 34.9 Å². The zero-order chi connectivity index (χ0) is 19.2. The van der Waals surface area contributed by atoms with Gasteiger partial charge in [0.15, 0.2) is 6.10 Å². The van der Waals surface area contributed by atoms with E-state index in [0.29, 0.717) is 0 Å².